The van der Waals surface area contributed by atoms with Crippen LogP contribution in [0.5, 0.6) is 5.75 Å². The van der Waals surface area contributed by atoms with Crippen molar-refractivity contribution in [3.63, 3.8) is 0 Å². The van der Waals surface area contributed by atoms with E-state index < -0.39 is 6.10 Å². The van der Waals surface area contributed by atoms with Gasteiger partial charge < -0.3 is 14.7 Å². The highest BCUT2D eigenvalue weighted by Gasteiger charge is 2.09. The molecule has 0 aliphatic rings. The smallest absolute Gasteiger partial charge is 0.120 e. The van der Waals surface area contributed by atoms with Crippen LogP contribution in [-0.2, 0) is 0 Å². The maximum Gasteiger partial charge on any atom is 0.120 e. The van der Waals surface area contributed by atoms with E-state index in [1.165, 1.54) is 5.39 Å². The maximum atomic E-state index is 9.99. The van der Waals surface area contributed by atoms with Crippen LogP contribution in [0.25, 0.3) is 10.8 Å². The zero-order valence-electron chi connectivity index (χ0n) is 12.2. The van der Waals surface area contributed by atoms with Gasteiger partial charge in [-0.15, -0.1) is 0 Å². The first-order valence-electron chi connectivity index (χ1n) is 7.25. The van der Waals surface area contributed by atoms with E-state index in [-0.39, 0.29) is 0 Å². The van der Waals surface area contributed by atoms with E-state index in [9.17, 15) is 5.11 Å². The maximum absolute atomic E-state index is 9.99. The first-order valence-corrected chi connectivity index (χ1v) is 7.25. The molecule has 20 heavy (non-hydrogen) atoms. The molecule has 0 bridgehead atoms. The summed E-state index contributed by atoms with van der Waals surface area (Å²) in [4.78, 5) is 2.19. The second-order valence-electron chi connectivity index (χ2n) is 4.96. The monoisotopic (exact) mass is 273 g/mol. The Morgan fingerprint density at radius 1 is 1.05 bits per heavy atom. The van der Waals surface area contributed by atoms with Crippen LogP contribution in [-0.4, -0.2) is 42.4 Å². The van der Waals surface area contributed by atoms with Crippen molar-refractivity contribution in [2.45, 2.75) is 20.0 Å². The van der Waals surface area contributed by atoms with Crippen LogP contribution in [0.15, 0.2) is 42.5 Å². The summed E-state index contributed by atoms with van der Waals surface area (Å²) < 4.78 is 5.69. The summed E-state index contributed by atoms with van der Waals surface area (Å²) in [5.74, 6) is 0.808. The number of fused-ring (bicyclic) bond motifs is 1. The van der Waals surface area contributed by atoms with Crippen molar-refractivity contribution in [3.8, 4) is 5.75 Å². The minimum atomic E-state index is -0.457. The molecular weight excluding hydrogens is 250 g/mol. The van der Waals surface area contributed by atoms with Gasteiger partial charge in [-0.3, -0.25) is 0 Å². The summed E-state index contributed by atoms with van der Waals surface area (Å²) in [6.45, 7) is 7.07. The van der Waals surface area contributed by atoms with Crippen molar-refractivity contribution in [1.82, 2.24) is 4.90 Å². The van der Waals surface area contributed by atoms with Crippen LogP contribution in [0.3, 0.4) is 0 Å². The van der Waals surface area contributed by atoms with Crippen LogP contribution in [0, 0.1) is 0 Å². The molecule has 1 atom stereocenters. The number of hydrogen-bond donors (Lipinski definition) is 1. The topological polar surface area (TPSA) is 32.7 Å². The molecule has 0 fully saturated rings. The van der Waals surface area contributed by atoms with Crippen LogP contribution in [0.2, 0.25) is 0 Å². The molecule has 2 aromatic rings. The third kappa shape index (κ3) is 3.95. The van der Waals surface area contributed by atoms with E-state index in [1.54, 1.807) is 0 Å². The summed E-state index contributed by atoms with van der Waals surface area (Å²) in [6, 6.07) is 14.2. The molecule has 2 aromatic carbocycles. The lowest BCUT2D eigenvalue weighted by atomic mass is 10.1. The summed E-state index contributed by atoms with van der Waals surface area (Å²) >= 11 is 0. The van der Waals surface area contributed by atoms with Gasteiger partial charge in [0.1, 0.15) is 18.5 Å². The van der Waals surface area contributed by atoms with Crippen molar-refractivity contribution in [1.29, 1.82) is 0 Å². The Morgan fingerprint density at radius 3 is 2.45 bits per heavy atom. The third-order valence-corrected chi connectivity index (χ3v) is 3.53. The molecule has 0 saturated carbocycles. The Balaban J connectivity index is 1.92. The second-order valence-corrected chi connectivity index (χ2v) is 4.96. The summed E-state index contributed by atoms with van der Waals surface area (Å²) in [7, 11) is 0. The normalized spacial score (nSPS) is 12.8. The molecule has 1 N–H and O–H groups in total. The van der Waals surface area contributed by atoms with E-state index in [4.69, 9.17) is 4.74 Å². The van der Waals surface area contributed by atoms with Gasteiger partial charge in [-0.1, -0.05) is 44.2 Å². The molecule has 3 heteroatoms. The van der Waals surface area contributed by atoms with Crippen molar-refractivity contribution < 1.29 is 9.84 Å². The van der Waals surface area contributed by atoms with Gasteiger partial charge in [-0.2, -0.15) is 0 Å². The number of aliphatic hydroxyl groups is 1. The fraction of sp³-hybridized carbons (Fsp3) is 0.412. The van der Waals surface area contributed by atoms with Gasteiger partial charge in [0.2, 0.25) is 0 Å². The second kappa shape index (κ2) is 7.27. The Labute approximate surface area is 120 Å². The molecule has 0 heterocycles. The average molecular weight is 273 g/mol. The third-order valence-electron chi connectivity index (χ3n) is 3.53. The van der Waals surface area contributed by atoms with E-state index >= 15 is 0 Å². The van der Waals surface area contributed by atoms with Gasteiger partial charge in [-0.05, 0) is 36.0 Å². The Bertz CT molecular complexity index is 537. The van der Waals surface area contributed by atoms with Crippen LogP contribution in [0.4, 0.5) is 0 Å². The highest BCUT2D eigenvalue weighted by Crippen LogP contribution is 2.20. The molecule has 0 aromatic heterocycles. The number of ether oxygens (including phenoxy) is 1. The van der Waals surface area contributed by atoms with E-state index in [0.717, 1.165) is 24.2 Å². The van der Waals surface area contributed by atoms with Crippen molar-refractivity contribution >= 4 is 10.8 Å². The fourth-order valence-corrected chi connectivity index (χ4v) is 2.28. The van der Waals surface area contributed by atoms with Gasteiger partial charge in [0.25, 0.3) is 0 Å². The molecule has 0 radical (unpaired) electrons. The predicted octanol–water partition coefficient (Wildman–Crippen LogP) is 2.92. The van der Waals surface area contributed by atoms with Gasteiger partial charge in [0.15, 0.2) is 0 Å². The Morgan fingerprint density at radius 2 is 1.75 bits per heavy atom. The quantitative estimate of drug-likeness (QED) is 0.842. The lowest BCUT2D eigenvalue weighted by Crippen LogP contribution is -2.35. The zero-order valence-corrected chi connectivity index (χ0v) is 12.2. The molecule has 2 rings (SSSR count). The van der Waals surface area contributed by atoms with E-state index in [0.29, 0.717) is 13.2 Å². The molecule has 0 saturated heterocycles. The number of rotatable bonds is 7. The Hall–Kier alpha value is -1.58. The van der Waals surface area contributed by atoms with Crippen molar-refractivity contribution in [2.24, 2.45) is 0 Å². The molecule has 0 unspecified atom stereocenters. The molecule has 0 spiro atoms. The number of nitrogens with zero attached hydrogens (tertiary/aromatic N) is 1. The molecule has 0 aliphatic carbocycles. The number of hydrogen-bond acceptors (Lipinski definition) is 3. The highest BCUT2D eigenvalue weighted by atomic mass is 16.5. The molecule has 0 amide bonds. The first-order chi connectivity index (χ1) is 9.72. The predicted molar refractivity (Wildman–Crippen MR) is 83.2 cm³/mol. The first kappa shape index (κ1) is 14.8. The van der Waals surface area contributed by atoms with Gasteiger partial charge >= 0.3 is 0 Å². The summed E-state index contributed by atoms with van der Waals surface area (Å²) in [6.07, 6.45) is -0.457. The molecule has 108 valence electrons. The van der Waals surface area contributed by atoms with Crippen molar-refractivity contribution in [3.05, 3.63) is 42.5 Å². The minimum absolute atomic E-state index is 0.328. The lowest BCUT2D eigenvalue weighted by molar-refractivity contribution is 0.0717. The Kier molecular flexibility index (Phi) is 5.39. The minimum Gasteiger partial charge on any atom is -0.491 e. The fourth-order valence-electron chi connectivity index (χ4n) is 2.28. The number of benzene rings is 2. The zero-order chi connectivity index (χ0) is 14.4. The molecule has 0 aliphatic heterocycles. The van der Waals surface area contributed by atoms with Gasteiger partial charge in [0, 0.05) is 6.54 Å². The average Bonchev–Trinajstić information content (AvgIpc) is 2.50. The highest BCUT2D eigenvalue weighted by molar-refractivity contribution is 5.83. The van der Waals surface area contributed by atoms with Gasteiger partial charge in [-0.25, -0.2) is 0 Å². The van der Waals surface area contributed by atoms with E-state index in [2.05, 4.69) is 30.9 Å². The van der Waals surface area contributed by atoms with Crippen LogP contribution in [0.1, 0.15) is 13.8 Å². The SMILES string of the molecule is CCN(CC)C[C@@H](O)COc1ccc2ccccc2c1. The van der Waals surface area contributed by atoms with Gasteiger partial charge in [0.05, 0.1) is 0 Å². The molecule has 3 nitrogen and oxygen atoms in total. The summed E-state index contributed by atoms with van der Waals surface area (Å²) in [5.41, 5.74) is 0. The van der Waals surface area contributed by atoms with E-state index in [1.807, 2.05) is 30.3 Å². The number of likely N-dealkylation sites (N-methyl/N-ethyl adjacent to an activating group) is 1. The largest absolute Gasteiger partial charge is 0.491 e. The van der Waals surface area contributed by atoms with Crippen molar-refractivity contribution in [2.75, 3.05) is 26.2 Å². The van der Waals surface area contributed by atoms with Crippen LogP contribution < -0.4 is 4.74 Å². The molecular formula is C17H23NO2. The standard InChI is InChI=1S/C17H23NO2/c1-3-18(4-2)12-16(19)13-20-17-10-9-14-7-5-6-8-15(14)11-17/h5-11,16,19H,3-4,12-13H2,1-2H3/t16-/m1/s1. The van der Waals surface area contributed by atoms with Crippen LogP contribution >= 0.6 is 0 Å². The summed E-state index contributed by atoms with van der Waals surface area (Å²) in [5, 5.41) is 12.3. The lowest BCUT2D eigenvalue weighted by Gasteiger charge is -2.22. The number of aliphatic hydroxyl groups excluding tert-OH is 1.